The number of hydrogen-bond acceptors (Lipinski definition) is 9. The summed E-state index contributed by atoms with van der Waals surface area (Å²) in [6.45, 7) is 9.78. The third-order valence-corrected chi connectivity index (χ3v) is 2.80. The number of nitrogens with zero attached hydrogens (tertiary/aromatic N) is 3. The number of carbonyl (C=O) groups excluding carboxylic acids is 3. The Bertz CT molecular complexity index is 673. The van der Waals surface area contributed by atoms with Gasteiger partial charge < -0.3 is 14.2 Å². The van der Waals surface area contributed by atoms with Crippen LogP contribution in [0.1, 0.15) is 6.92 Å². The lowest BCUT2D eigenvalue weighted by atomic mass is 9.94. The van der Waals surface area contributed by atoms with Crippen molar-refractivity contribution in [2.45, 2.75) is 6.92 Å². The van der Waals surface area contributed by atoms with Crippen LogP contribution in [0.5, 0.6) is 0 Å². The van der Waals surface area contributed by atoms with Crippen molar-refractivity contribution < 1.29 is 28.6 Å². The monoisotopic (exact) mass is 357 g/mol. The Morgan fingerprint density at radius 2 is 0.962 bits per heavy atom. The minimum Gasteiger partial charge on any atom is -0.461 e. The molecule has 0 aliphatic rings. The van der Waals surface area contributed by atoms with Gasteiger partial charge in [0.1, 0.15) is 54.7 Å². The fraction of sp³-hybridized carbons (Fsp3) is 0.294. The van der Waals surface area contributed by atoms with E-state index in [9.17, 15) is 14.4 Å². The van der Waals surface area contributed by atoms with Crippen LogP contribution in [0.15, 0.2) is 36.5 Å². The van der Waals surface area contributed by atoms with E-state index in [1.807, 2.05) is 0 Å². The van der Waals surface area contributed by atoms with E-state index in [1.165, 1.54) is 25.1 Å². The minimum absolute atomic E-state index is 0.412. The minimum atomic E-state index is -1.23. The summed E-state index contributed by atoms with van der Waals surface area (Å²) in [5.74, 6) is -3.00. The molecule has 9 nitrogen and oxygen atoms in total. The Hall–Kier alpha value is -3.90. The average Bonchev–Trinajstić information content (AvgIpc) is 2.66. The van der Waals surface area contributed by atoms with Crippen molar-refractivity contribution in [1.82, 2.24) is 0 Å². The third-order valence-electron chi connectivity index (χ3n) is 2.80. The molecule has 0 heterocycles. The van der Waals surface area contributed by atoms with Crippen LogP contribution in [0.3, 0.4) is 0 Å². The van der Waals surface area contributed by atoms with Crippen LogP contribution in [0.2, 0.25) is 0 Å². The van der Waals surface area contributed by atoms with Gasteiger partial charge in [-0.2, -0.15) is 15.8 Å². The maximum absolute atomic E-state index is 11.5. The summed E-state index contributed by atoms with van der Waals surface area (Å²) in [5, 5.41) is 25.8. The van der Waals surface area contributed by atoms with Crippen LogP contribution in [-0.4, -0.2) is 37.7 Å². The highest BCUT2D eigenvalue weighted by molar-refractivity contribution is 5.93. The van der Waals surface area contributed by atoms with Gasteiger partial charge >= 0.3 is 17.9 Å². The fourth-order valence-corrected chi connectivity index (χ4v) is 1.24. The first-order valence-electron chi connectivity index (χ1n) is 6.88. The lowest BCUT2D eigenvalue weighted by Crippen LogP contribution is -2.37. The number of esters is 3. The Morgan fingerprint density at radius 1 is 0.731 bits per heavy atom. The van der Waals surface area contributed by atoms with Crippen molar-refractivity contribution in [1.29, 1.82) is 15.8 Å². The fourth-order valence-electron chi connectivity index (χ4n) is 1.24. The molecule has 0 aromatic carbocycles. The number of hydrogen-bond donors (Lipinski definition) is 0. The Morgan fingerprint density at radius 3 is 1.15 bits per heavy atom. The van der Waals surface area contributed by atoms with Gasteiger partial charge in [0.2, 0.25) is 0 Å². The molecule has 26 heavy (non-hydrogen) atoms. The summed E-state index contributed by atoms with van der Waals surface area (Å²) in [4.78, 5) is 34.6. The maximum atomic E-state index is 11.5. The van der Waals surface area contributed by atoms with Crippen LogP contribution in [0.4, 0.5) is 0 Å². The zero-order valence-corrected chi connectivity index (χ0v) is 14.0. The van der Waals surface area contributed by atoms with Crippen molar-refractivity contribution >= 4 is 17.9 Å². The zero-order valence-electron chi connectivity index (χ0n) is 14.0. The molecule has 0 radical (unpaired) electrons. The summed E-state index contributed by atoms with van der Waals surface area (Å²) in [7, 11) is 0. The van der Waals surface area contributed by atoms with Gasteiger partial charge in [0.05, 0.1) is 5.41 Å². The number of nitriles is 3. The quantitative estimate of drug-likeness (QED) is 0.253. The summed E-state index contributed by atoms with van der Waals surface area (Å²) in [5.41, 5.74) is -2.58. The smallest absolute Gasteiger partial charge is 0.348 e. The molecule has 0 saturated heterocycles. The molecule has 0 aliphatic carbocycles. The van der Waals surface area contributed by atoms with Crippen LogP contribution in [-0.2, 0) is 28.6 Å². The molecule has 0 aliphatic heterocycles. The molecule has 0 amide bonds. The third kappa shape index (κ3) is 7.12. The predicted molar refractivity (Wildman–Crippen MR) is 85.2 cm³/mol. The molecule has 134 valence electrons. The number of ether oxygens (including phenoxy) is 3. The first-order valence-corrected chi connectivity index (χ1v) is 6.88. The number of rotatable bonds is 9. The largest absolute Gasteiger partial charge is 0.461 e. The molecule has 0 bridgehead atoms. The van der Waals surface area contributed by atoms with Gasteiger partial charge in [-0.25, -0.2) is 14.4 Å². The van der Waals surface area contributed by atoms with Crippen molar-refractivity contribution in [2.75, 3.05) is 19.8 Å². The van der Waals surface area contributed by atoms with Crippen molar-refractivity contribution in [2.24, 2.45) is 5.41 Å². The van der Waals surface area contributed by atoms with Gasteiger partial charge in [0.15, 0.2) is 0 Å². The molecule has 0 saturated carbocycles. The topological polar surface area (TPSA) is 150 Å². The van der Waals surface area contributed by atoms with Crippen LogP contribution >= 0.6 is 0 Å². The first kappa shape index (κ1) is 22.1. The van der Waals surface area contributed by atoms with E-state index in [4.69, 9.17) is 30.0 Å². The van der Waals surface area contributed by atoms with Gasteiger partial charge in [-0.05, 0) is 6.92 Å². The molecule has 0 aromatic heterocycles. The van der Waals surface area contributed by atoms with Gasteiger partial charge in [-0.1, -0.05) is 19.7 Å². The highest BCUT2D eigenvalue weighted by Gasteiger charge is 2.32. The van der Waals surface area contributed by atoms with E-state index in [1.54, 1.807) is 0 Å². The molecule has 0 aromatic rings. The standard InChI is InChI=1S/C17H15N3O6/c1-11(5-18)14(21)24-8-17(4,9-25-15(22)12(2)6-19)10-26-16(23)13(3)7-20/h1-3,8-10H2,4H3. The second-order valence-electron chi connectivity index (χ2n) is 5.31. The predicted octanol–water partition coefficient (Wildman–Crippen LogP) is 0.862. The highest BCUT2D eigenvalue weighted by atomic mass is 16.6. The Balaban J connectivity index is 5.10. The number of carbonyl (C=O) groups is 3. The van der Waals surface area contributed by atoms with Crippen LogP contribution in [0, 0.1) is 39.4 Å². The van der Waals surface area contributed by atoms with Crippen molar-refractivity contribution in [3.8, 4) is 18.2 Å². The van der Waals surface area contributed by atoms with Crippen molar-refractivity contribution in [3.05, 3.63) is 36.5 Å². The molecular formula is C17H15N3O6. The summed E-state index contributed by atoms with van der Waals surface area (Å²) in [6.07, 6.45) is 0. The van der Waals surface area contributed by atoms with Gasteiger partial charge in [-0.15, -0.1) is 0 Å². The van der Waals surface area contributed by atoms with Gasteiger partial charge in [0, 0.05) is 0 Å². The van der Waals surface area contributed by atoms with Gasteiger partial charge in [-0.3, -0.25) is 0 Å². The normalized spacial score (nSPS) is 9.46. The second kappa shape index (κ2) is 10.1. The molecular weight excluding hydrogens is 342 g/mol. The summed E-state index contributed by atoms with van der Waals surface area (Å²) < 4.78 is 14.6. The maximum Gasteiger partial charge on any atom is 0.348 e. The molecule has 0 N–H and O–H groups in total. The molecule has 9 heteroatoms. The average molecular weight is 357 g/mol. The summed E-state index contributed by atoms with van der Waals surface area (Å²) >= 11 is 0. The van der Waals surface area contributed by atoms with Crippen LogP contribution < -0.4 is 0 Å². The van der Waals surface area contributed by atoms with E-state index in [0.717, 1.165) is 0 Å². The second-order valence-corrected chi connectivity index (χ2v) is 5.31. The zero-order chi connectivity index (χ0) is 20.3. The van der Waals surface area contributed by atoms with Crippen LogP contribution in [0.25, 0.3) is 0 Å². The lowest BCUT2D eigenvalue weighted by molar-refractivity contribution is -0.155. The molecule has 0 atom stereocenters. The first-order chi connectivity index (χ1) is 12.1. The van der Waals surface area contributed by atoms with Crippen molar-refractivity contribution in [3.63, 3.8) is 0 Å². The molecule has 0 rings (SSSR count). The van der Waals surface area contributed by atoms with E-state index in [2.05, 4.69) is 19.7 Å². The Labute approximate surface area is 150 Å². The molecule has 0 fully saturated rings. The summed E-state index contributed by atoms with van der Waals surface area (Å²) in [6, 6.07) is 4.53. The highest BCUT2D eigenvalue weighted by Crippen LogP contribution is 2.20. The Kier molecular flexibility index (Phi) is 8.56. The van der Waals surface area contributed by atoms with E-state index < -0.39 is 59.9 Å². The SMILES string of the molecule is C=C(C#N)C(=O)OCC(C)(COC(=O)C(=C)C#N)COC(=O)C(=C)C#N. The molecule has 0 spiro atoms. The van der Waals surface area contributed by atoms with E-state index in [-0.39, 0.29) is 0 Å². The van der Waals surface area contributed by atoms with Gasteiger partial charge in [0.25, 0.3) is 0 Å². The van der Waals surface area contributed by atoms with E-state index in [0.29, 0.717) is 0 Å². The molecule has 0 unspecified atom stereocenters. The lowest BCUT2D eigenvalue weighted by Gasteiger charge is -2.27. The van der Waals surface area contributed by atoms with E-state index >= 15 is 0 Å².